The summed E-state index contributed by atoms with van der Waals surface area (Å²) in [6.45, 7) is 3.60. The van der Waals surface area contributed by atoms with Crippen molar-refractivity contribution in [2.75, 3.05) is 13.7 Å². The molecule has 0 bridgehead atoms. The smallest absolute Gasteiger partial charge is 0.338 e. The SMILES string of the molecule is CCOC(=O)C1=C(C)N=c2s/c(=C/c3ccc(OC)c(O)c3)c(=O)n2C1c1ccc(C#N)cc1. The average Bonchev–Trinajstić information content (AvgIpc) is 3.12. The number of hydrogen-bond acceptors (Lipinski definition) is 8. The first kappa shape index (κ1) is 23.0. The third-order valence-electron chi connectivity index (χ3n) is 5.37. The highest BCUT2D eigenvalue weighted by Crippen LogP contribution is 2.31. The zero-order chi connectivity index (χ0) is 24.4. The fourth-order valence-electron chi connectivity index (χ4n) is 3.80. The number of rotatable bonds is 5. The van der Waals surface area contributed by atoms with E-state index in [2.05, 4.69) is 11.1 Å². The second-order valence-corrected chi connectivity index (χ2v) is 8.48. The van der Waals surface area contributed by atoms with Crippen molar-refractivity contribution in [3.05, 3.63) is 90.1 Å². The molecule has 0 aliphatic carbocycles. The van der Waals surface area contributed by atoms with E-state index in [4.69, 9.17) is 14.7 Å². The minimum atomic E-state index is -0.755. The van der Waals surface area contributed by atoms with Crippen molar-refractivity contribution >= 4 is 23.4 Å². The maximum atomic E-state index is 13.5. The van der Waals surface area contributed by atoms with E-state index in [1.165, 1.54) is 29.1 Å². The lowest BCUT2D eigenvalue weighted by molar-refractivity contribution is -0.139. The van der Waals surface area contributed by atoms with Gasteiger partial charge >= 0.3 is 5.97 Å². The zero-order valence-electron chi connectivity index (χ0n) is 18.7. The van der Waals surface area contributed by atoms with E-state index in [1.54, 1.807) is 56.3 Å². The van der Waals surface area contributed by atoms with Gasteiger partial charge in [-0.3, -0.25) is 9.36 Å². The molecule has 0 amide bonds. The van der Waals surface area contributed by atoms with Gasteiger partial charge in [-0.15, -0.1) is 0 Å². The largest absolute Gasteiger partial charge is 0.504 e. The Kier molecular flexibility index (Phi) is 6.34. The number of aromatic nitrogens is 1. The fraction of sp³-hybridized carbons (Fsp3) is 0.200. The van der Waals surface area contributed by atoms with Crippen molar-refractivity contribution in [3.63, 3.8) is 0 Å². The van der Waals surface area contributed by atoms with Gasteiger partial charge < -0.3 is 14.6 Å². The molecule has 8 nitrogen and oxygen atoms in total. The number of hydrogen-bond donors (Lipinski definition) is 1. The van der Waals surface area contributed by atoms with Crippen molar-refractivity contribution in [1.82, 2.24) is 4.57 Å². The quantitative estimate of drug-likeness (QED) is 0.567. The van der Waals surface area contributed by atoms with Gasteiger partial charge in [-0.25, -0.2) is 9.79 Å². The predicted octanol–water partition coefficient (Wildman–Crippen LogP) is 2.38. The monoisotopic (exact) mass is 475 g/mol. The van der Waals surface area contributed by atoms with Crippen molar-refractivity contribution in [3.8, 4) is 17.6 Å². The number of carbonyl (C=O) groups excluding carboxylic acids is 1. The van der Waals surface area contributed by atoms with Gasteiger partial charge in [0.1, 0.15) is 0 Å². The molecular formula is C25H21N3O5S. The number of benzene rings is 2. The molecule has 9 heteroatoms. The number of ether oxygens (including phenoxy) is 2. The molecule has 0 saturated carbocycles. The summed E-state index contributed by atoms with van der Waals surface area (Å²) >= 11 is 1.19. The number of aromatic hydroxyl groups is 1. The second-order valence-electron chi connectivity index (χ2n) is 7.47. The Balaban J connectivity index is 1.93. The number of phenols is 1. The third kappa shape index (κ3) is 4.11. The van der Waals surface area contributed by atoms with Crippen LogP contribution in [0.1, 0.15) is 36.6 Å². The van der Waals surface area contributed by atoms with Crippen molar-refractivity contribution < 1.29 is 19.4 Å². The van der Waals surface area contributed by atoms with Gasteiger partial charge in [0.15, 0.2) is 16.3 Å². The van der Waals surface area contributed by atoms with Crippen molar-refractivity contribution in [2.45, 2.75) is 19.9 Å². The first-order valence-electron chi connectivity index (χ1n) is 10.4. The molecule has 4 rings (SSSR count). The van der Waals surface area contributed by atoms with Crippen LogP contribution in [0, 0.1) is 11.3 Å². The molecule has 172 valence electrons. The molecule has 2 heterocycles. The fourth-order valence-corrected chi connectivity index (χ4v) is 4.84. The molecule has 1 aromatic heterocycles. The number of carbonyl (C=O) groups is 1. The maximum absolute atomic E-state index is 13.5. The molecule has 1 aliphatic rings. The lowest BCUT2D eigenvalue weighted by atomic mass is 9.95. The molecule has 0 radical (unpaired) electrons. The topological polar surface area (TPSA) is 114 Å². The summed E-state index contributed by atoms with van der Waals surface area (Å²) in [5, 5.41) is 19.2. The molecule has 1 atom stereocenters. The van der Waals surface area contributed by atoms with Crippen LogP contribution >= 0.6 is 11.3 Å². The molecule has 1 aliphatic heterocycles. The average molecular weight is 476 g/mol. The van der Waals surface area contributed by atoms with E-state index in [0.717, 1.165) is 0 Å². The van der Waals surface area contributed by atoms with Crippen LogP contribution < -0.4 is 19.6 Å². The maximum Gasteiger partial charge on any atom is 0.338 e. The van der Waals surface area contributed by atoms with Gasteiger partial charge in [0, 0.05) is 0 Å². The zero-order valence-corrected chi connectivity index (χ0v) is 19.5. The Morgan fingerprint density at radius 2 is 2.03 bits per heavy atom. The predicted molar refractivity (Wildman–Crippen MR) is 126 cm³/mol. The molecular weight excluding hydrogens is 454 g/mol. The molecule has 0 saturated heterocycles. The van der Waals surface area contributed by atoms with Crippen molar-refractivity contribution in [1.29, 1.82) is 5.26 Å². The molecule has 0 fully saturated rings. The minimum Gasteiger partial charge on any atom is -0.504 e. The highest BCUT2D eigenvalue weighted by Gasteiger charge is 2.33. The summed E-state index contributed by atoms with van der Waals surface area (Å²) < 4.78 is 12.2. The lowest BCUT2D eigenvalue weighted by Crippen LogP contribution is -2.39. The number of nitriles is 1. The number of nitrogens with zero attached hydrogens (tertiary/aromatic N) is 3. The normalized spacial score (nSPS) is 15.4. The second kappa shape index (κ2) is 9.37. The molecule has 34 heavy (non-hydrogen) atoms. The number of thiazole rings is 1. The first-order chi connectivity index (χ1) is 16.4. The molecule has 2 aromatic carbocycles. The van der Waals surface area contributed by atoms with E-state index in [-0.39, 0.29) is 23.5 Å². The molecule has 0 spiro atoms. The van der Waals surface area contributed by atoms with E-state index in [9.17, 15) is 14.7 Å². The number of esters is 1. The van der Waals surface area contributed by atoms with Crippen LogP contribution in [0.3, 0.4) is 0 Å². The van der Waals surface area contributed by atoms with Crippen LogP contribution in [0.2, 0.25) is 0 Å². The van der Waals surface area contributed by atoms with Crippen LogP contribution in [-0.4, -0.2) is 29.4 Å². The Hall–Kier alpha value is -4.16. The van der Waals surface area contributed by atoms with Crippen LogP contribution in [-0.2, 0) is 9.53 Å². The van der Waals surface area contributed by atoms with Crippen LogP contribution in [0.25, 0.3) is 6.08 Å². The Morgan fingerprint density at radius 3 is 2.65 bits per heavy atom. The summed E-state index contributed by atoms with van der Waals surface area (Å²) in [5.41, 5.74) is 2.14. The number of allylic oxidation sites excluding steroid dienone is 1. The lowest BCUT2D eigenvalue weighted by Gasteiger charge is -2.24. The van der Waals surface area contributed by atoms with Gasteiger partial charge in [-0.1, -0.05) is 29.5 Å². The molecule has 1 N–H and O–H groups in total. The summed E-state index contributed by atoms with van der Waals surface area (Å²) in [6, 6.07) is 12.9. The summed E-state index contributed by atoms with van der Waals surface area (Å²) in [4.78, 5) is 31.4. The van der Waals surface area contributed by atoms with Crippen LogP contribution in [0.4, 0.5) is 0 Å². The third-order valence-corrected chi connectivity index (χ3v) is 6.36. The van der Waals surface area contributed by atoms with Gasteiger partial charge in [-0.05, 0) is 55.3 Å². The summed E-state index contributed by atoms with van der Waals surface area (Å²) in [6.07, 6.45) is 1.65. The van der Waals surface area contributed by atoms with Gasteiger partial charge in [-0.2, -0.15) is 5.26 Å². The highest BCUT2D eigenvalue weighted by molar-refractivity contribution is 7.07. The number of phenolic OH excluding ortho intramolecular Hbond substituents is 1. The minimum absolute atomic E-state index is 0.0417. The Labute approximate surface area is 199 Å². The van der Waals surface area contributed by atoms with Gasteiger partial charge in [0.25, 0.3) is 5.56 Å². The van der Waals surface area contributed by atoms with Gasteiger partial charge in [0.2, 0.25) is 0 Å². The van der Waals surface area contributed by atoms with Crippen molar-refractivity contribution in [2.24, 2.45) is 4.99 Å². The number of methoxy groups -OCH3 is 1. The number of fused-ring (bicyclic) bond motifs is 1. The van der Waals surface area contributed by atoms with Gasteiger partial charge in [0.05, 0.1) is 47.2 Å². The van der Waals surface area contributed by atoms with E-state index in [0.29, 0.717) is 37.5 Å². The summed E-state index contributed by atoms with van der Waals surface area (Å²) in [7, 11) is 1.46. The standard InChI is InChI=1S/C25H21N3O5S/c1-4-33-24(31)21-14(2)27-25-28(22(21)17-8-5-15(13-26)6-9-17)23(30)20(34-25)12-16-7-10-19(32-3)18(29)11-16/h5-12,22,29H,4H2,1-3H3/b20-12+. The molecule has 1 unspecified atom stereocenters. The van der Waals surface area contributed by atoms with E-state index < -0.39 is 12.0 Å². The van der Waals surface area contributed by atoms with E-state index in [1.807, 2.05) is 0 Å². The van der Waals surface area contributed by atoms with Crippen LogP contribution in [0.5, 0.6) is 11.5 Å². The van der Waals surface area contributed by atoms with Crippen LogP contribution in [0.15, 0.2) is 63.5 Å². The molecule has 3 aromatic rings. The highest BCUT2D eigenvalue weighted by atomic mass is 32.1. The first-order valence-corrected chi connectivity index (χ1v) is 11.3. The van der Waals surface area contributed by atoms with E-state index >= 15 is 0 Å². The Morgan fingerprint density at radius 1 is 1.29 bits per heavy atom. The summed E-state index contributed by atoms with van der Waals surface area (Å²) in [5.74, 6) is -0.262. The Bertz CT molecular complexity index is 1520.